The van der Waals surface area contributed by atoms with Gasteiger partial charge < -0.3 is 19.5 Å². The van der Waals surface area contributed by atoms with E-state index in [1.54, 1.807) is 14.2 Å². The molecule has 1 aromatic carbocycles. The minimum absolute atomic E-state index is 0.118. The minimum atomic E-state index is 0.118. The van der Waals surface area contributed by atoms with Crippen LogP contribution in [0.5, 0.6) is 11.5 Å². The summed E-state index contributed by atoms with van der Waals surface area (Å²) in [5.41, 5.74) is 1.15. The second kappa shape index (κ2) is 8.25. The van der Waals surface area contributed by atoms with E-state index < -0.39 is 0 Å². The van der Waals surface area contributed by atoms with Gasteiger partial charge in [0.15, 0.2) is 0 Å². The zero-order valence-electron chi connectivity index (χ0n) is 13.4. The fraction of sp³-hybridized carbons (Fsp3) is 0.647. The van der Waals surface area contributed by atoms with Crippen molar-refractivity contribution in [3.8, 4) is 11.5 Å². The predicted molar refractivity (Wildman–Crippen MR) is 84.1 cm³/mol. The number of methoxy groups -OCH3 is 2. The first-order valence-corrected chi connectivity index (χ1v) is 7.83. The average Bonchev–Trinajstić information content (AvgIpc) is 2.55. The molecule has 0 radical (unpaired) electrons. The van der Waals surface area contributed by atoms with Gasteiger partial charge in [-0.2, -0.15) is 0 Å². The van der Waals surface area contributed by atoms with E-state index in [2.05, 4.69) is 24.4 Å². The van der Waals surface area contributed by atoms with Crippen LogP contribution in [0.15, 0.2) is 18.2 Å². The molecular weight excluding hydrogens is 266 g/mol. The Morgan fingerprint density at radius 3 is 2.52 bits per heavy atom. The molecular formula is C17H27NO3. The number of nitrogens with one attached hydrogen (secondary N) is 1. The van der Waals surface area contributed by atoms with E-state index in [1.165, 1.54) is 6.42 Å². The van der Waals surface area contributed by atoms with Crippen LogP contribution in [0, 0.1) is 5.92 Å². The van der Waals surface area contributed by atoms with Gasteiger partial charge >= 0.3 is 0 Å². The fourth-order valence-electron chi connectivity index (χ4n) is 2.88. The van der Waals surface area contributed by atoms with E-state index in [-0.39, 0.29) is 6.10 Å². The molecule has 0 amide bonds. The van der Waals surface area contributed by atoms with Crippen LogP contribution in [-0.2, 0) is 4.74 Å². The van der Waals surface area contributed by atoms with Crippen LogP contribution < -0.4 is 14.8 Å². The molecule has 0 aromatic heterocycles. The minimum Gasteiger partial charge on any atom is -0.497 e. The maximum atomic E-state index is 6.06. The molecule has 21 heavy (non-hydrogen) atoms. The molecule has 0 saturated carbocycles. The van der Waals surface area contributed by atoms with E-state index in [0.717, 1.165) is 49.6 Å². The van der Waals surface area contributed by atoms with Crippen LogP contribution in [0.2, 0.25) is 0 Å². The molecule has 1 aliphatic rings. The van der Waals surface area contributed by atoms with Crippen molar-refractivity contribution in [1.82, 2.24) is 5.32 Å². The van der Waals surface area contributed by atoms with Crippen molar-refractivity contribution in [2.45, 2.75) is 32.3 Å². The zero-order chi connectivity index (χ0) is 15.1. The van der Waals surface area contributed by atoms with Crippen LogP contribution in [0.3, 0.4) is 0 Å². The topological polar surface area (TPSA) is 39.7 Å². The van der Waals surface area contributed by atoms with E-state index in [0.29, 0.717) is 5.92 Å². The lowest BCUT2D eigenvalue weighted by Crippen LogP contribution is -2.32. The third-order valence-electron chi connectivity index (χ3n) is 3.98. The number of hydrogen-bond donors (Lipinski definition) is 1. The van der Waals surface area contributed by atoms with Crippen LogP contribution in [0.4, 0.5) is 0 Å². The van der Waals surface area contributed by atoms with E-state index in [1.807, 2.05) is 6.07 Å². The van der Waals surface area contributed by atoms with Gasteiger partial charge in [0.25, 0.3) is 0 Å². The SMILES string of the molecule is CCCNCC1CCCOC1c1cc(OC)cc(OC)c1. The highest BCUT2D eigenvalue weighted by Gasteiger charge is 2.28. The summed E-state index contributed by atoms with van der Waals surface area (Å²) in [4.78, 5) is 0. The normalized spacial score (nSPS) is 22.0. The van der Waals surface area contributed by atoms with Crippen LogP contribution in [0.1, 0.15) is 37.9 Å². The van der Waals surface area contributed by atoms with Crippen molar-refractivity contribution in [3.05, 3.63) is 23.8 Å². The van der Waals surface area contributed by atoms with Gasteiger partial charge in [-0.25, -0.2) is 0 Å². The Balaban J connectivity index is 2.15. The Hall–Kier alpha value is -1.26. The highest BCUT2D eigenvalue weighted by molar-refractivity contribution is 5.39. The summed E-state index contributed by atoms with van der Waals surface area (Å²) in [5.74, 6) is 2.14. The van der Waals surface area contributed by atoms with Crippen molar-refractivity contribution >= 4 is 0 Å². The second-order valence-corrected chi connectivity index (χ2v) is 5.54. The number of ether oxygens (including phenoxy) is 3. The summed E-state index contributed by atoms with van der Waals surface area (Å²) in [6.45, 7) is 5.08. The summed E-state index contributed by atoms with van der Waals surface area (Å²) >= 11 is 0. The Labute approximate surface area is 127 Å². The average molecular weight is 293 g/mol. The van der Waals surface area contributed by atoms with Gasteiger partial charge in [0.1, 0.15) is 11.5 Å². The van der Waals surface area contributed by atoms with Crippen LogP contribution >= 0.6 is 0 Å². The Morgan fingerprint density at radius 1 is 1.19 bits per heavy atom. The summed E-state index contributed by atoms with van der Waals surface area (Å²) in [6, 6.07) is 6.02. The lowest BCUT2D eigenvalue weighted by molar-refractivity contribution is -0.0278. The third kappa shape index (κ3) is 4.35. The molecule has 0 spiro atoms. The van der Waals surface area contributed by atoms with Crippen LogP contribution in [0.25, 0.3) is 0 Å². The van der Waals surface area contributed by atoms with Gasteiger partial charge in [-0.15, -0.1) is 0 Å². The smallest absolute Gasteiger partial charge is 0.122 e. The highest BCUT2D eigenvalue weighted by atomic mass is 16.5. The number of hydrogen-bond acceptors (Lipinski definition) is 4. The molecule has 2 rings (SSSR count). The van der Waals surface area contributed by atoms with Gasteiger partial charge in [-0.1, -0.05) is 6.92 Å². The van der Waals surface area contributed by atoms with Gasteiger partial charge in [0.2, 0.25) is 0 Å². The second-order valence-electron chi connectivity index (χ2n) is 5.54. The van der Waals surface area contributed by atoms with Crippen molar-refractivity contribution in [2.24, 2.45) is 5.92 Å². The van der Waals surface area contributed by atoms with Crippen molar-refractivity contribution in [1.29, 1.82) is 0 Å². The molecule has 4 heteroatoms. The molecule has 118 valence electrons. The molecule has 2 atom stereocenters. The Kier molecular flexibility index (Phi) is 6.33. The van der Waals surface area contributed by atoms with Crippen LogP contribution in [-0.4, -0.2) is 33.9 Å². The molecule has 1 aromatic rings. The lowest BCUT2D eigenvalue weighted by Gasteiger charge is -2.32. The van der Waals surface area contributed by atoms with E-state index in [4.69, 9.17) is 14.2 Å². The largest absolute Gasteiger partial charge is 0.497 e. The molecule has 4 nitrogen and oxygen atoms in total. The number of rotatable bonds is 7. The Bertz CT molecular complexity index is 414. The molecule has 1 heterocycles. The monoisotopic (exact) mass is 293 g/mol. The fourth-order valence-corrected chi connectivity index (χ4v) is 2.88. The number of benzene rings is 1. The van der Waals surface area contributed by atoms with E-state index in [9.17, 15) is 0 Å². The summed E-state index contributed by atoms with van der Waals surface area (Å²) in [6.07, 6.45) is 3.61. The first-order chi connectivity index (χ1) is 10.3. The lowest BCUT2D eigenvalue weighted by atomic mass is 9.89. The molecule has 1 saturated heterocycles. The molecule has 2 unspecified atom stereocenters. The molecule has 1 N–H and O–H groups in total. The highest BCUT2D eigenvalue weighted by Crippen LogP contribution is 2.36. The van der Waals surface area contributed by atoms with Gasteiger partial charge in [-0.05, 0) is 43.5 Å². The first kappa shape index (κ1) is 16.1. The Morgan fingerprint density at radius 2 is 1.90 bits per heavy atom. The summed E-state index contributed by atoms with van der Waals surface area (Å²) < 4.78 is 16.8. The molecule has 0 aliphatic carbocycles. The van der Waals surface area contributed by atoms with Gasteiger partial charge in [0, 0.05) is 25.1 Å². The maximum Gasteiger partial charge on any atom is 0.122 e. The zero-order valence-corrected chi connectivity index (χ0v) is 13.4. The van der Waals surface area contributed by atoms with Crippen molar-refractivity contribution < 1.29 is 14.2 Å². The molecule has 0 bridgehead atoms. The quantitative estimate of drug-likeness (QED) is 0.784. The molecule has 1 fully saturated rings. The summed E-state index contributed by atoms with van der Waals surface area (Å²) in [7, 11) is 3.36. The standard InChI is InChI=1S/C17H27NO3/c1-4-7-18-12-13-6-5-8-21-17(13)14-9-15(19-2)11-16(10-14)20-3/h9-11,13,17-18H,4-8,12H2,1-3H3. The van der Waals surface area contributed by atoms with Crippen molar-refractivity contribution in [3.63, 3.8) is 0 Å². The first-order valence-electron chi connectivity index (χ1n) is 7.83. The third-order valence-corrected chi connectivity index (χ3v) is 3.98. The predicted octanol–water partition coefficient (Wildman–Crippen LogP) is 3.17. The van der Waals surface area contributed by atoms with Crippen molar-refractivity contribution in [2.75, 3.05) is 33.9 Å². The van der Waals surface area contributed by atoms with Gasteiger partial charge in [0.05, 0.1) is 20.3 Å². The van der Waals surface area contributed by atoms with E-state index >= 15 is 0 Å². The van der Waals surface area contributed by atoms with Gasteiger partial charge in [-0.3, -0.25) is 0 Å². The molecule has 1 aliphatic heterocycles. The summed E-state index contributed by atoms with van der Waals surface area (Å²) in [5, 5.41) is 3.52. The maximum absolute atomic E-state index is 6.06.